The number of azide groups is 2. The molecule has 2 rings (SSSR count). The van der Waals surface area contributed by atoms with Crippen LogP contribution in [0.4, 0.5) is 5.69 Å². The average Bonchev–Trinajstić information content (AvgIpc) is 3.05. The Morgan fingerprint density at radius 1 is 1.38 bits per heavy atom. The number of aromatic nitrogens is 4. The van der Waals surface area contributed by atoms with Crippen molar-refractivity contribution >= 4 is 11.6 Å². The molecule has 2 N–H and O–H groups in total. The van der Waals surface area contributed by atoms with Crippen molar-refractivity contribution in [3.8, 4) is 0 Å². The van der Waals surface area contributed by atoms with Crippen molar-refractivity contribution in [3.63, 3.8) is 0 Å². The maximum absolute atomic E-state index is 12.4. The molecule has 12 nitrogen and oxygen atoms in total. The molecule has 1 unspecified atom stereocenters. The van der Waals surface area contributed by atoms with Crippen LogP contribution >= 0.6 is 0 Å². The van der Waals surface area contributed by atoms with Crippen LogP contribution in [-0.2, 0) is 13.0 Å². The van der Waals surface area contributed by atoms with E-state index >= 15 is 0 Å². The molecule has 122 valence electrons. The number of aromatic amines is 1. The van der Waals surface area contributed by atoms with E-state index in [1.54, 1.807) is 19.1 Å². The molecular weight excluding hydrogens is 314 g/mol. The minimum atomic E-state index is -0.358. The molecule has 0 aliphatic heterocycles. The van der Waals surface area contributed by atoms with Crippen LogP contribution in [0.3, 0.4) is 0 Å². The summed E-state index contributed by atoms with van der Waals surface area (Å²) in [7, 11) is 0. The van der Waals surface area contributed by atoms with E-state index in [4.69, 9.17) is 11.1 Å². The molecule has 24 heavy (non-hydrogen) atoms. The highest BCUT2D eigenvalue weighted by Crippen LogP contribution is 2.19. The highest BCUT2D eigenvalue weighted by molar-refractivity contribution is 5.95. The number of nitrogens with one attached hydrogen (secondary N) is 2. The van der Waals surface area contributed by atoms with Crippen molar-refractivity contribution in [2.24, 2.45) is 10.2 Å². The second-order valence-electron chi connectivity index (χ2n) is 4.87. The maximum atomic E-state index is 12.4. The van der Waals surface area contributed by atoms with E-state index in [9.17, 15) is 4.79 Å². The molecular formula is C12H13N11O. The van der Waals surface area contributed by atoms with E-state index in [1.165, 1.54) is 6.07 Å². The zero-order valence-electron chi connectivity index (χ0n) is 12.7. The molecule has 1 aromatic heterocycles. The number of hydrogen-bond donors (Lipinski definition) is 2. The molecule has 0 aliphatic rings. The summed E-state index contributed by atoms with van der Waals surface area (Å²) in [6.07, 6.45) is 0.407. The van der Waals surface area contributed by atoms with Gasteiger partial charge in [-0.3, -0.25) is 4.79 Å². The Balaban J connectivity index is 2.15. The molecule has 1 aromatic carbocycles. The van der Waals surface area contributed by atoms with Crippen molar-refractivity contribution in [2.75, 3.05) is 0 Å². The third-order valence-electron chi connectivity index (χ3n) is 2.97. The molecule has 2 aromatic rings. The summed E-state index contributed by atoms with van der Waals surface area (Å²) < 4.78 is 0. The fourth-order valence-corrected chi connectivity index (χ4v) is 2.02. The summed E-state index contributed by atoms with van der Waals surface area (Å²) in [6.45, 7) is 1.84. The predicted molar refractivity (Wildman–Crippen MR) is 82.9 cm³/mol. The van der Waals surface area contributed by atoms with Gasteiger partial charge in [0.1, 0.15) is 0 Å². The molecule has 12 heteroatoms. The Morgan fingerprint density at radius 3 is 2.88 bits per heavy atom. The lowest BCUT2D eigenvalue weighted by atomic mass is 10.1. The first-order valence-electron chi connectivity index (χ1n) is 6.85. The summed E-state index contributed by atoms with van der Waals surface area (Å²) in [6, 6.07) is 4.34. The Kier molecular flexibility index (Phi) is 5.67. The molecule has 0 radical (unpaired) electrons. The second kappa shape index (κ2) is 8.13. The van der Waals surface area contributed by atoms with Crippen molar-refractivity contribution in [1.29, 1.82) is 0 Å². The van der Waals surface area contributed by atoms with Gasteiger partial charge in [-0.25, -0.2) is 0 Å². The quantitative estimate of drug-likeness (QED) is 0.449. The van der Waals surface area contributed by atoms with Crippen LogP contribution in [0, 0.1) is 0 Å². The molecule has 0 saturated heterocycles. The standard InChI is InChI=1S/C12H13N11O/c1-7(2-11-18-22-23-19-11)16-12(24)9-3-8(6-15-20-13)4-10(5-9)17-21-14/h3-5,7H,2,6H2,1H3,(H,16,24)(H,18,19,22,23). The molecule has 1 heterocycles. The van der Waals surface area contributed by atoms with Crippen LogP contribution in [0.15, 0.2) is 28.4 Å². The minimum Gasteiger partial charge on any atom is -0.349 e. The Morgan fingerprint density at radius 2 is 2.21 bits per heavy atom. The fraction of sp³-hybridized carbons (Fsp3) is 0.333. The number of nitrogens with zero attached hydrogens (tertiary/aromatic N) is 9. The number of tetrazole rings is 1. The summed E-state index contributed by atoms with van der Waals surface area (Å²) in [5.74, 6) is 0.123. The van der Waals surface area contributed by atoms with Gasteiger partial charge < -0.3 is 5.32 Å². The van der Waals surface area contributed by atoms with Gasteiger partial charge in [0.25, 0.3) is 5.91 Å². The van der Waals surface area contributed by atoms with E-state index in [2.05, 4.69) is 46.0 Å². The second-order valence-corrected chi connectivity index (χ2v) is 4.87. The summed E-state index contributed by atoms with van der Waals surface area (Å²) >= 11 is 0. The van der Waals surface area contributed by atoms with Gasteiger partial charge in [-0.2, -0.15) is 5.21 Å². The number of benzene rings is 1. The first kappa shape index (κ1) is 16.7. The molecule has 1 amide bonds. The largest absolute Gasteiger partial charge is 0.349 e. The first-order chi connectivity index (χ1) is 11.6. The fourth-order valence-electron chi connectivity index (χ4n) is 2.02. The number of amides is 1. The molecule has 0 saturated carbocycles. The predicted octanol–water partition coefficient (Wildman–Crippen LogP) is 2.31. The van der Waals surface area contributed by atoms with Gasteiger partial charge in [-0.05, 0) is 41.7 Å². The third kappa shape index (κ3) is 4.70. The molecule has 0 bridgehead atoms. The van der Waals surface area contributed by atoms with Crippen LogP contribution in [0.2, 0.25) is 0 Å². The van der Waals surface area contributed by atoms with E-state index in [-0.39, 0.29) is 24.2 Å². The van der Waals surface area contributed by atoms with Gasteiger partial charge in [0.05, 0.1) is 6.54 Å². The monoisotopic (exact) mass is 327 g/mol. The zero-order chi connectivity index (χ0) is 17.4. The number of rotatable bonds is 7. The lowest BCUT2D eigenvalue weighted by molar-refractivity contribution is 0.0939. The summed E-state index contributed by atoms with van der Waals surface area (Å²) in [4.78, 5) is 17.7. The Labute approximate surface area is 135 Å². The third-order valence-corrected chi connectivity index (χ3v) is 2.97. The van der Waals surface area contributed by atoms with Gasteiger partial charge >= 0.3 is 0 Å². The summed E-state index contributed by atoms with van der Waals surface area (Å²) in [5, 5.41) is 23.2. The van der Waals surface area contributed by atoms with Crippen molar-refractivity contribution in [2.45, 2.75) is 25.9 Å². The van der Waals surface area contributed by atoms with Crippen LogP contribution < -0.4 is 5.32 Å². The highest BCUT2D eigenvalue weighted by atomic mass is 16.1. The molecule has 0 spiro atoms. The topological polar surface area (TPSA) is 181 Å². The summed E-state index contributed by atoms with van der Waals surface area (Å²) in [5.41, 5.74) is 18.1. The molecule has 0 aliphatic carbocycles. The van der Waals surface area contributed by atoms with Gasteiger partial charge in [-0.15, -0.1) is 10.2 Å². The average molecular weight is 327 g/mol. The minimum absolute atomic E-state index is 0.0456. The van der Waals surface area contributed by atoms with Crippen LogP contribution in [0.1, 0.15) is 28.7 Å². The smallest absolute Gasteiger partial charge is 0.251 e. The van der Waals surface area contributed by atoms with Gasteiger partial charge in [0.15, 0.2) is 5.82 Å². The normalized spacial score (nSPS) is 11.0. The number of carbonyl (C=O) groups is 1. The maximum Gasteiger partial charge on any atom is 0.251 e. The molecule has 1 atom stereocenters. The lowest BCUT2D eigenvalue weighted by Gasteiger charge is -2.13. The lowest BCUT2D eigenvalue weighted by Crippen LogP contribution is -2.34. The van der Waals surface area contributed by atoms with Gasteiger partial charge in [0, 0.05) is 33.5 Å². The van der Waals surface area contributed by atoms with Crippen LogP contribution in [0.25, 0.3) is 20.9 Å². The van der Waals surface area contributed by atoms with Crippen LogP contribution in [-0.4, -0.2) is 32.6 Å². The van der Waals surface area contributed by atoms with E-state index in [0.717, 1.165) is 0 Å². The van der Waals surface area contributed by atoms with E-state index in [0.29, 0.717) is 23.4 Å². The van der Waals surface area contributed by atoms with Gasteiger partial charge in [0.2, 0.25) is 0 Å². The van der Waals surface area contributed by atoms with Crippen molar-refractivity contribution in [3.05, 3.63) is 56.0 Å². The highest BCUT2D eigenvalue weighted by Gasteiger charge is 2.13. The van der Waals surface area contributed by atoms with Crippen LogP contribution in [0.5, 0.6) is 0 Å². The van der Waals surface area contributed by atoms with Crippen molar-refractivity contribution < 1.29 is 4.79 Å². The Hall–Kier alpha value is -3.62. The first-order valence-corrected chi connectivity index (χ1v) is 6.85. The number of carbonyl (C=O) groups excluding carboxylic acids is 1. The van der Waals surface area contributed by atoms with Crippen molar-refractivity contribution in [1.82, 2.24) is 25.9 Å². The van der Waals surface area contributed by atoms with E-state index < -0.39 is 0 Å². The van der Waals surface area contributed by atoms with E-state index in [1.807, 2.05) is 0 Å². The number of H-pyrrole nitrogens is 1. The molecule has 0 fully saturated rings. The van der Waals surface area contributed by atoms with Gasteiger partial charge in [-0.1, -0.05) is 15.4 Å². The zero-order valence-corrected chi connectivity index (χ0v) is 12.7. The number of hydrogen-bond acceptors (Lipinski definition) is 6. The SMILES string of the molecule is CC(Cc1nn[nH]n1)NC(=O)c1cc(CN=[N+]=[N-])cc(N=[N+]=[N-])c1. The Bertz CT molecular complexity index is 802.